The van der Waals surface area contributed by atoms with E-state index in [4.69, 9.17) is 0 Å². The molecule has 4 heteroatoms. The number of aromatic nitrogens is 4. The summed E-state index contributed by atoms with van der Waals surface area (Å²) in [5.41, 5.74) is 4.71. The Labute approximate surface area is 82.6 Å². The minimum atomic E-state index is 1.07. The van der Waals surface area contributed by atoms with Crippen LogP contribution < -0.4 is 0 Å². The zero-order valence-corrected chi connectivity index (χ0v) is 8.52. The third-order valence-corrected chi connectivity index (χ3v) is 2.21. The highest BCUT2D eigenvalue weighted by atomic mass is 15.5. The molecule has 2 rings (SSSR count). The van der Waals surface area contributed by atoms with Crippen molar-refractivity contribution in [2.75, 3.05) is 0 Å². The quantitative estimate of drug-likeness (QED) is 0.682. The van der Waals surface area contributed by atoms with Crippen molar-refractivity contribution in [1.82, 2.24) is 20.2 Å². The second kappa shape index (κ2) is 3.21. The fourth-order valence-electron chi connectivity index (χ4n) is 1.80. The molecule has 0 atom stereocenters. The molecule has 0 amide bonds. The van der Waals surface area contributed by atoms with Crippen molar-refractivity contribution in [3.8, 4) is 5.69 Å². The molecule has 0 aliphatic rings. The molecule has 14 heavy (non-hydrogen) atoms. The van der Waals surface area contributed by atoms with Gasteiger partial charge in [-0.1, -0.05) is 17.7 Å². The van der Waals surface area contributed by atoms with E-state index in [1.54, 1.807) is 11.0 Å². The maximum Gasteiger partial charge on any atom is 0.143 e. The Kier molecular flexibility index (Phi) is 2.04. The Balaban J connectivity index is 2.64. The van der Waals surface area contributed by atoms with Crippen molar-refractivity contribution < 1.29 is 0 Å². The summed E-state index contributed by atoms with van der Waals surface area (Å²) in [5, 5.41) is 11.2. The molecule has 0 spiro atoms. The Morgan fingerprint density at radius 1 is 1.07 bits per heavy atom. The first-order chi connectivity index (χ1) is 6.68. The zero-order valence-electron chi connectivity index (χ0n) is 8.52. The van der Waals surface area contributed by atoms with Gasteiger partial charge >= 0.3 is 0 Å². The second-order valence-corrected chi connectivity index (χ2v) is 3.50. The number of rotatable bonds is 1. The highest BCUT2D eigenvalue weighted by Crippen LogP contribution is 2.19. The van der Waals surface area contributed by atoms with Gasteiger partial charge in [-0.3, -0.25) is 0 Å². The monoisotopic (exact) mass is 188 g/mol. The van der Waals surface area contributed by atoms with Gasteiger partial charge in [0.05, 0.1) is 5.69 Å². The van der Waals surface area contributed by atoms with Crippen LogP contribution in [0.5, 0.6) is 0 Å². The van der Waals surface area contributed by atoms with Crippen LogP contribution in [0.15, 0.2) is 18.5 Å². The fourth-order valence-corrected chi connectivity index (χ4v) is 1.80. The molecule has 72 valence electrons. The Hall–Kier alpha value is -1.71. The highest BCUT2D eigenvalue weighted by Gasteiger charge is 2.06. The maximum absolute atomic E-state index is 3.89. The Bertz CT molecular complexity index is 422. The SMILES string of the molecule is Cc1cc(C)c(-n2cnnn2)c(C)c1. The van der Waals surface area contributed by atoms with Crippen LogP contribution in [0.3, 0.4) is 0 Å². The third kappa shape index (κ3) is 1.39. The minimum absolute atomic E-state index is 1.07. The van der Waals surface area contributed by atoms with E-state index < -0.39 is 0 Å². The first-order valence-electron chi connectivity index (χ1n) is 4.49. The van der Waals surface area contributed by atoms with Gasteiger partial charge in [0.25, 0.3) is 0 Å². The van der Waals surface area contributed by atoms with Crippen LogP contribution in [0.1, 0.15) is 16.7 Å². The molecule has 0 N–H and O–H groups in total. The van der Waals surface area contributed by atoms with Gasteiger partial charge in [-0.05, 0) is 42.3 Å². The third-order valence-electron chi connectivity index (χ3n) is 2.21. The van der Waals surface area contributed by atoms with E-state index in [-0.39, 0.29) is 0 Å². The van der Waals surface area contributed by atoms with E-state index in [0.29, 0.717) is 0 Å². The molecule has 0 saturated heterocycles. The summed E-state index contributed by atoms with van der Waals surface area (Å²) < 4.78 is 1.70. The summed E-state index contributed by atoms with van der Waals surface area (Å²) in [4.78, 5) is 0. The topological polar surface area (TPSA) is 43.6 Å². The molecule has 1 aromatic heterocycles. The largest absolute Gasteiger partial charge is 0.200 e. The summed E-state index contributed by atoms with van der Waals surface area (Å²) in [6, 6.07) is 4.26. The lowest BCUT2D eigenvalue weighted by Crippen LogP contribution is -2.01. The molecule has 0 unspecified atom stereocenters. The van der Waals surface area contributed by atoms with Crippen molar-refractivity contribution in [3.63, 3.8) is 0 Å². The first-order valence-corrected chi connectivity index (χ1v) is 4.49. The molecule has 0 fully saturated rings. The lowest BCUT2D eigenvalue weighted by atomic mass is 10.1. The first kappa shape index (κ1) is 8.87. The van der Waals surface area contributed by atoms with Crippen LogP contribution in [-0.2, 0) is 0 Å². The van der Waals surface area contributed by atoms with Gasteiger partial charge in [-0.2, -0.15) is 0 Å². The van der Waals surface area contributed by atoms with Crippen molar-refractivity contribution in [2.45, 2.75) is 20.8 Å². The van der Waals surface area contributed by atoms with Gasteiger partial charge < -0.3 is 0 Å². The van der Waals surface area contributed by atoms with E-state index in [9.17, 15) is 0 Å². The number of hydrogen-bond acceptors (Lipinski definition) is 3. The fraction of sp³-hybridized carbons (Fsp3) is 0.300. The van der Waals surface area contributed by atoms with Crippen LogP contribution in [0.4, 0.5) is 0 Å². The Morgan fingerprint density at radius 2 is 1.71 bits per heavy atom. The molecule has 1 heterocycles. The zero-order chi connectivity index (χ0) is 10.1. The van der Waals surface area contributed by atoms with E-state index in [1.165, 1.54) is 16.7 Å². The lowest BCUT2D eigenvalue weighted by Gasteiger charge is -2.09. The van der Waals surface area contributed by atoms with Crippen LogP contribution in [0.25, 0.3) is 5.69 Å². The molecule has 4 nitrogen and oxygen atoms in total. The molecule has 0 radical (unpaired) electrons. The molecule has 0 aliphatic carbocycles. The van der Waals surface area contributed by atoms with Gasteiger partial charge in [0.2, 0.25) is 0 Å². The van der Waals surface area contributed by atoms with E-state index in [2.05, 4.69) is 48.4 Å². The predicted molar refractivity (Wildman–Crippen MR) is 53.4 cm³/mol. The minimum Gasteiger partial charge on any atom is -0.200 e. The Morgan fingerprint density at radius 3 is 2.21 bits per heavy atom. The molecule has 0 aliphatic heterocycles. The highest BCUT2D eigenvalue weighted by molar-refractivity contribution is 5.48. The van der Waals surface area contributed by atoms with Gasteiger partial charge in [-0.25, -0.2) is 4.68 Å². The van der Waals surface area contributed by atoms with Crippen molar-refractivity contribution in [2.24, 2.45) is 0 Å². The predicted octanol–water partition coefficient (Wildman–Crippen LogP) is 1.59. The summed E-state index contributed by atoms with van der Waals surface area (Å²) >= 11 is 0. The van der Waals surface area contributed by atoms with Crippen molar-refractivity contribution in [3.05, 3.63) is 35.2 Å². The normalized spacial score (nSPS) is 10.5. The molecule has 0 bridgehead atoms. The van der Waals surface area contributed by atoms with E-state index in [1.807, 2.05) is 0 Å². The number of aryl methyl sites for hydroxylation is 3. The van der Waals surface area contributed by atoms with Gasteiger partial charge in [-0.15, -0.1) is 5.10 Å². The van der Waals surface area contributed by atoms with Crippen molar-refractivity contribution in [1.29, 1.82) is 0 Å². The summed E-state index contributed by atoms with van der Waals surface area (Å²) in [6.07, 6.45) is 1.62. The van der Waals surface area contributed by atoms with Crippen LogP contribution >= 0.6 is 0 Å². The smallest absolute Gasteiger partial charge is 0.143 e. The van der Waals surface area contributed by atoms with Gasteiger partial charge in [0, 0.05) is 0 Å². The summed E-state index contributed by atoms with van der Waals surface area (Å²) in [7, 11) is 0. The summed E-state index contributed by atoms with van der Waals surface area (Å²) in [6.45, 7) is 6.22. The van der Waals surface area contributed by atoms with Crippen LogP contribution in [-0.4, -0.2) is 20.2 Å². The van der Waals surface area contributed by atoms with Crippen LogP contribution in [0.2, 0.25) is 0 Å². The van der Waals surface area contributed by atoms with E-state index >= 15 is 0 Å². The molecular formula is C10H12N4. The molecule has 2 aromatic rings. The second-order valence-electron chi connectivity index (χ2n) is 3.50. The summed E-state index contributed by atoms with van der Waals surface area (Å²) in [5.74, 6) is 0. The standard InChI is InChI=1S/C10H12N4/c1-7-4-8(2)10(9(3)5-7)14-6-11-12-13-14/h4-6H,1-3H3. The maximum atomic E-state index is 3.89. The number of benzene rings is 1. The average Bonchev–Trinajstić information content (AvgIpc) is 2.54. The lowest BCUT2D eigenvalue weighted by molar-refractivity contribution is 0.781. The van der Waals surface area contributed by atoms with Crippen LogP contribution in [0, 0.1) is 20.8 Å². The molecule has 0 saturated carbocycles. The number of tetrazole rings is 1. The average molecular weight is 188 g/mol. The number of hydrogen-bond donors (Lipinski definition) is 0. The number of nitrogens with zero attached hydrogens (tertiary/aromatic N) is 4. The van der Waals surface area contributed by atoms with Gasteiger partial charge in [0.1, 0.15) is 6.33 Å². The van der Waals surface area contributed by atoms with E-state index in [0.717, 1.165) is 5.69 Å². The molecule has 1 aromatic carbocycles. The molecular weight excluding hydrogens is 176 g/mol. The van der Waals surface area contributed by atoms with Gasteiger partial charge in [0.15, 0.2) is 0 Å². The van der Waals surface area contributed by atoms with Crippen molar-refractivity contribution >= 4 is 0 Å².